The predicted octanol–water partition coefficient (Wildman–Crippen LogP) is 1.87. The summed E-state index contributed by atoms with van der Waals surface area (Å²) >= 11 is 0. The molecule has 0 aromatic carbocycles. The average Bonchev–Trinajstić information content (AvgIpc) is 3.05. The van der Waals surface area contributed by atoms with Crippen LogP contribution in [0.3, 0.4) is 0 Å². The highest BCUT2D eigenvalue weighted by atomic mass is 32.2. The van der Waals surface area contributed by atoms with E-state index < -0.39 is 10.0 Å². The number of hydrogen-bond acceptors (Lipinski definition) is 4. The van der Waals surface area contributed by atoms with Gasteiger partial charge in [0.2, 0.25) is 0 Å². The van der Waals surface area contributed by atoms with Crippen molar-refractivity contribution in [2.45, 2.75) is 43.7 Å². The lowest BCUT2D eigenvalue weighted by Crippen LogP contribution is -2.39. The maximum Gasteiger partial charge on any atom is 0.263 e. The first-order valence-electron chi connectivity index (χ1n) is 7.30. The maximum atomic E-state index is 13.0. The molecule has 0 saturated heterocycles. The summed E-state index contributed by atoms with van der Waals surface area (Å²) in [7, 11) is -3.64. The molecule has 2 aromatic heterocycles. The summed E-state index contributed by atoms with van der Waals surface area (Å²) in [4.78, 5) is 4.16. The number of fused-ring (bicyclic) bond motifs is 1. The third kappa shape index (κ3) is 2.30. The summed E-state index contributed by atoms with van der Waals surface area (Å²) in [6.45, 7) is 2.32. The number of pyridine rings is 1. The number of anilines is 1. The highest BCUT2D eigenvalue weighted by Crippen LogP contribution is 2.30. The number of aromatic nitrogens is 2. The van der Waals surface area contributed by atoms with E-state index in [0.717, 1.165) is 25.7 Å². The van der Waals surface area contributed by atoms with Gasteiger partial charge in [-0.1, -0.05) is 25.8 Å². The number of rotatable bonds is 4. The van der Waals surface area contributed by atoms with Gasteiger partial charge in [-0.25, -0.2) is 13.4 Å². The molecule has 0 atom stereocenters. The minimum absolute atomic E-state index is 0.0673. The van der Waals surface area contributed by atoms with E-state index in [9.17, 15) is 8.42 Å². The highest BCUT2D eigenvalue weighted by molar-refractivity contribution is 7.89. The Hall–Kier alpha value is -1.60. The van der Waals surface area contributed by atoms with Gasteiger partial charge >= 0.3 is 0 Å². The van der Waals surface area contributed by atoms with Crippen LogP contribution in [0.25, 0.3) is 5.65 Å². The van der Waals surface area contributed by atoms with Crippen molar-refractivity contribution in [3.63, 3.8) is 0 Å². The van der Waals surface area contributed by atoms with Gasteiger partial charge in [-0.3, -0.25) is 4.40 Å². The quantitative estimate of drug-likeness (QED) is 0.935. The number of hydrogen-bond donors (Lipinski definition) is 1. The van der Waals surface area contributed by atoms with Crippen LogP contribution in [-0.4, -0.2) is 34.7 Å². The molecule has 0 radical (unpaired) electrons. The number of imidazole rings is 1. The van der Waals surface area contributed by atoms with Crippen molar-refractivity contribution in [1.29, 1.82) is 0 Å². The summed E-state index contributed by atoms with van der Waals surface area (Å²) < 4.78 is 29.2. The summed E-state index contributed by atoms with van der Waals surface area (Å²) in [5.41, 5.74) is 6.44. The topological polar surface area (TPSA) is 80.7 Å². The van der Waals surface area contributed by atoms with Gasteiger partial charge in [0.05, 0.1) is 0 Å². The van der Waals surface area contributed by atoms with Crippen molar-refractivity contribution >= 4 is 21.5 Å². The van der Waals surface area contributed by atoms with Gasteiger partial charge in [0, 0.05) is 18.8 Å². The molecule has 0 unspecified atom stereocenters. The predicted molar refractivity (Wildman–Crippen MR) is 81.4 cm³/mol. The zero-order valence-corrected chi connectivity index (χ0v) is 12.9. The molecule has 3 rings (SSSR count). The molecule has 0 spiro atoms. The van der Waals surface area contributed by atoms with Crippen LogP contribution >= 0.6 is 0 Å². The fourth-order valence-corrected chi connectivity index (χ4v) is 5.05. The lowest BCUT2D eigenvalue weighted by Gasteiger charge is -2.26. The zero-order chi connectivity index (χ0) is 15.0. The van der Waals surface area contributed by atoms with Crippen molar-refractivity contribution in [3.8, 4) is 0 Å². The van der Waals surface area contributed by atoms with Crippen LogP contribution in [0.2, 0.25) is 0 Å². The lowest BCUT2D eigenvalue weighted by atomic mass is 10.2. The second-order valence-electron chi connectivity index (χ2n) is 5.38. The first kappa shape index (κ1) is 14.3. The first-order chi connectivity index (χ1) is 10.1. The molecule has 2 aromatic rings. The van der Waals surface area contributed by atoms with Gasteiger partial charge < -0.3 is 5.73 Å². The fourth-order valence-electron chi connectivity index (χ4n) is 3.18. The van der Waals surface area contributed by atoms with E-state index in [4.69, 9.17) is 5.73 Å². The average molecular weight is 308 g/mol. The monoisotopic (exact) mass is 308 g/mol. The molecule has 21 heavy (non-hydrogen) atoms. The molecule has 0 aliphatic heterocycles. The van der Waals surface area contributed by atoms with E-state index in [1.54, 1.807) is 27.0 Å². The number of nitrogens with two attached hydrogens (primary N) is 1. The Bertz CT molecular complexity index is 747. The minimum atomic E-state index is -3.64. The van der Waals surface area contributed by atoms with Crippen molar-refractivity contribution in [2.24, 2.45) is 0 Å². The largest absolute Gasteiger partial charge is 0.381 e. The Labute approximate surface area is 124 Å². The third-order valence-corrected chi connectivity index (χ3v) is 6.18. The second kappa shape index (κ2) is 5.31. The standard InChI is InChI=1S/C14H20N4O2S/c1-2-18(11-7-3-4-8-11)21(19,20)14-13(15)16-12-9-5-6-10-17(12)14/h5-6,9-11H,2-4,7-8,15H2,1H3. The van der Waals surface area contributed by atoms with E-state index in [0.29, 0.717) is 12.2 Å². The van der Waals surface area contributed by atoms with Crippen LogP contribution in [0.5, 0.6) is 0 Å². The lowest BCUT2D eigenvalue weighted by molar-refractivity contribution is 0.334. The van der Waals surface area contributed by atoms with Crippen LogP contribution in [0, 0.1) is 0 Å². The van der Waals surface area contributed by atoms with E-state index >= 15 is 0 Å². The molecule has 1 fully saturated rings. The molecule has 1 aliphatic carbocycles. The molecular weight excluding hydrogens is 288 g/mol. The third-order valence-electron chi connectivity index (χ3n) is 4.11. The van der Waals surface area contributed by atoms with Gasteiger partial charge in [-0.05, 0) is 25.0 Å². The molecule has 1 aliphatic rings. The molecule has 1 saturated carbocycles. The SMILES string of the molecule is CCN(C1CCCC1)S(=O)(=O)c1c(N)nc2ccccn12. The molecule has 0 bridgehead atoms. The minimum Gasteiger partial charge on any atom is -0.381 e. The van der Waals surface area contributed by atoms with E-state index in [1.165, 1.54) is 0 Å². The van der Waals surface area contributed by atoms with Crippen LogP contribution in [0.1, 0.15) is 32.6 Å². The van der Waals surface area contributed by atoms with Crippen molar-refractivity contribution in [2.75, 3.05) is 12.3 Å². The number of nitrogen functional groups attached to an aromatic ring is 1. The molecule has 2 heterocycles. The van der Waals surface area contributed by atoms with E-state index in [-0.39, 0.29) is 16.9 Å². The molecule has 114 valence electrons. The van der Waals surface area contributed by atoms with E-state index in [1.807, 2.05) is 13.0 Å². The Kier molecular flexibility index (Phi) is 3.62. The molecule has 0 amide bonds. The first-order valence-corrected chi connectivity index (χ1v) is 8.74. The summed E-state index contributed by atoms with van der Waals surface area (Å²) in [6, 6.07) is 5.42. The second-order valence-corrected chi connectivity index (χ2v) is 7.18. The van der Waals surface area contributed by atoms with Gasteiger partial charge in [0.1, 0.15) is 5.65 Å². The van der Waals surface area contributed by atoms with Crippen molar-refractivity contribution in [3.05, 3.63) is 24.4 Å². The number of sulfonamides is 1. The Balaban J connectivity index is 2.13. The van der Waals surface area contributed by atoms with Crippen LogP contribution in [0.15, 0.2) is 29.4 Å². The summed E-state index contributed by atoms with van der Waals surface area (Å²) in [5.74, 6) is 0.0673. The zero-order valence-electron chi connectivity index (χ0n) is 12.1. The van der Waals surface area contributed by atoms with Gasteiger partial charge in [-0.2, -0.15) is 4.31 Å². The van der Waals surface area contributed by atoms with Gasteiger partial charge in [0.25, 0.3) is 10.0 Å². The van der Waals surface area contributed by atoms with Crippen molar-refractivity contribution < 1.29 is 8.42 Å². The molecule has 7 heteroatoms. The van der Waals surface area contributed by atoms with Gasteiger partial charge in [-0.15, -0.1) is 0 Å². The smallest absolute Gasteiger partial charge is 0.263 e. The molecular formula is C14H20N4O2S. The summed E-state index contributed by atoms with van der Waals surface area (Å²) in [6.07, 6.45) is 5.69. The molecule has 6 nitrogen and oxygen atoms in total. The van der Waals surface area contributed by atoms with Crippen LogP contribution in [0.4, 0.5) is 5.82 Å². The Morgan fingerprint density at radius 3 is 2.76 bits per heavy atom. The number of nitrogens with zero attached hydrogens (tertiary/aromatic N) is 3. The fraction of sp³-hybridized carbons (Fsp3) is 0.500. The Morgan fingerprint density at radius 2 is 2.10 bits per heavy atom. The molecule has 2 N–H and O–H groups in total. The summed E-state index contributed by atoms with van der Waals surface area (Å²) in [5, 5.41) is 0.0897. The van der Waals surface area contributed by atoms with Crippen LogP contribution < -0.4 is 5.73 Å². The van der Waals surface area contributed by atoms with Crippen LogP contribution in [-0.2, 0) is 10.0 Å². The van der Waals surface area contributed by atoms with E-state index in [2.05, 4.69) is 4.98 Å². The maximum absolute atomic E-state index is 13.0. The highest BCUT2D eigenvalue weighted by Gasteiger charge is 2.35. The Morgan fingerprint density at radius 1 is 1.38 bits per heavy atom. The normalized spacial score (nSPS) is 17.0. The van der Waals surface area contributed by atoms with Gasteiger partial charge in [0.15, 0.2) is 10.8 Å². The van der Waals surface area contributed by atoms with Crippen molar-refractivity contribution in [1.82, 2.24) is 13.7 Å².